The lowest BCUT2D eigenvalue weighted by atomic mass is 10.0. The van der Waals surface area contributed by atoms with Crippen LogP contribution < -0.4 is 0 Å². The summed E-state index contributed by atoms with van der Waals surface area (Å²) in [5, 5.41) is 1.71. The molecule has 0 spiro atoms. The van der Waals surface area contributed by atoms with Crippen molar-refractivity contribution in [3.05, 3.63) is 15.6 Å². The predicted molar refractivity (Wildman–Crippen MR) is 79.6 cm³/mol. The molecule has 0 amide bonds. The molecule has 0 aliphatic heterocycles. The van der Waals surface area contributed by atoms with Gasteiger partial charge < -0.3 is 0 Å². The fourth-order valence-electron chi connectivity index (χ4n) is 2.28. The number of aryl methyl sites for hydroxylation is 2. The quantitative estimate of drug-likeness (QED) is 0.820. The van der Waals surface area contributed by atoms with Crippen molar-refractivity contribution in [2.45, 2.75) is 57.6 Å². The topological polar surface area (TPSA) is 30.0 Å². The van der Waals surface area contributed by atoms with E-state index in [1.54, 1.807) is 11.3 Å². The Bertz CT molecular complexity index is 388. The molecule has 2 rings (SSSR count). The number of hydrogen-bond acceptors (Lipinski definition) is 4. The van der Waals surface area contributed by atoms with Gasteiger partial charge in [0.1, 0.15) is 10.8 Å². The maximum Gasteiger partial charge on any atom is 0.149 e. The highest BCUT2D eigenvalue weighted by molar-refractivity contribution is 8.00. The SMILES string of the molecule is Cc1nc(CC(=O)CSC2CCCCC2)sc1C. The lowest BCUT2D eigenvalue weighted by molar-refractivity contribution is -0.116. The van der Waals surface area contributed by atoms with Gasteiger partial charge in [0.15, 0.2) is 0 Å². The van der Waals surface area contributed by atoms with Gasteiger partial charge in [-0.2, -0.15) is 11.8 Å². The minimum atomic E-state index is 0.333. The number of carbonyl (C=O) groups is 1. The van der Waals surface area contributed by atoms with Crippen molar-refractivity contribution in [3.8, 4) is 0 Å². The van der Waals surface area contributed by atoms with Crippen LogP contribution in [0.5, 0.6) is 0 Å². The van der Waals surface area contributed by atoms with Crippen LogP contribution in [0.4, 0.5) is 0 Å². The van der Waals surface area contributed by atoms with Crippen molar-refractivity contribution < 1.29 is 4.79 Å². The summed E-state index contributed by atoms with van der Waals surface area (Å²) in [5.74, 6) is 1.00. The fraction of sp³-hybridized carbons (Fsp3) is 0.714. The van der Waals surface area contributed by atoms with E-state index in [9.17, 15) is 4.79 Å². The molecule has 18 heavy (non-hydrogen) atoms. The molecule has 1 saturated carbocycles. The van der Waals surface area contributed by atoms with E-state index in [1.807, 2.05) is 18.7 Å². The molecule has 0 aromatic carbocycles. The Morgan fingerprint density at radius 1 is 1.33 bits per heavy atom. The second-order valence-corrected chi connectivity index (χ2v) is 7.61. The third kappa shape index (κ3) is 4.09. The first-order valence-corrected chi connectivity index (χ1v) is 8.58. The predicted octanol–water partition coefficient (Wildman–Crippen LogP) is 3.94. The van der Waals surface area contributed by atoms with E-state index in [4.69, 9.17) is 0 Å². The molecule has 100 valence electrons. The zero-order chi connectivity index (χ0) is 13.0. The molecule has 0 atom stereocenters. The van der Waals surface area contributed by atoms with Gasteiger partial charge in [-0.15, -0.1) is 11.3 Å². The van der Waals surface area contributed by atoms with Gasteiger partial charge in [0.05, 0.1) is 17.9 Å². The largest absolute Gasteiger partial charge is 0.298 e. The zero-order valence-corrected chi connectivity index (χ0v) is 12.8. The van der Waals surface area contributed by atoms with E-state index < -0.39 is 0 Å². The van der Waals surface area contributed by atoms with Crippen LogP contribution >= 0.6 is 23.1 Å². The van der Waals surface area contributed by atoms with Crippen molar-refractivity contribution in [1.82, 2.24) is 4.98 Å². The molecular formula is C14H21NOS2. The van der Waals surface area contributed by atoms with Crippen LogP contribution in [0.3, 0.4) is 0 Å². The molecule has 1 aromatic heterocycles. The van der Waals surface area contributed by atoms with Gasteiger partial charge in [-0.25, -0.2) is 4.98 Å². The average Bonchev–Trinajstić information content (AvgIpc) is 2.67. The zero-order valence-electron chi connectivity index (χ0n) is 11.2. The highest BCUT2D eigenvalue weighted by atomic mass is 32.2. The van der Waals surface area contributed by atoms with Crippen LogP contribution in [0.2, 0.25) is 0 Å². The Balaban J connectivity index is 1.74. The number of thioether (sulfide) groups is 1. The molecule has 1 aromatic rings. The summed E-state index contributed by atoms with van der Waals surface area (Å²) in [5.41, 5.74) is 1.07. The summed E-state index contributed by atoms with van der Waals surface area (Å²) >= 11 is 3.53. The van der Waals surface area contributed by atoms with Gasteiger partial charge in [-0.1, -0.05) is 19.3 Å². The minimum absolute atomic E-state index is 0.333. The Morgan fingerprint density at radius 3 is 2.67 bits per heavy atom. The number of aromatic nitrogens is 1. The average molecular weight is 283 g/mol. The Morgan fingerprint density at radius 2 is 2.06 bits per heavy atom. The van der Waals surface area contributed by atoms with Crippen molar-refractivity contribution in [2.24, 2.45) is 0 Å². The minimum Gasteiger partial charge on any atom is -0.298 e. The van der Waals surface area contributed by atoms with E-state index in [-0.39, 0.29) is 0 Å². The van der Waals surface area contributed by atoms with Gasteiger partial charge in [-0.3, -0.25) is 4.79 Å². The van der Waals surface area contributed by atoms with E-state index in [2.05, 4.69) is 11.9 Å². The molecule has 1 aliphatic rings. The van der Waals surface area contributed by atoms with Crippen LogP contribution in [0, 0.1) is 13.8 Å². The number of hydrogen-bond donors (Lipinski definition) is 0. The van der Waals surface area contributed by atoms with Gasteiger partial charge in [0.25, 0.3) is 0 Å². The monoisotopic (exact) mass is 283 g/mol. The molecule has 2 nitrogen and oxygen atoms in total. The lowest BCUT2D eigenvalue weighted by Crippen LogP contribution is -2.13. The van der Waals surface area contributed by atoms with Crippen molar-refractivity contribution in [1.29, 1.82) is 0 Å². The van der Waals surface area contributed by atoms with Crippen LogP contribution in [-0.2, 0) is 11.2 Å². The molecule has 1 fully saturated rings. The van der Waals surface area contributed by atoms with E-state index in [0.717, 1.165) is 16.0 Å². The Hall–Kier alpha value is -0.350. The van der Waals surface area contributed by atoms with Crippen LogP contribution in [0.15, 0.2) is 0 Å². The maximum atomic E-state index is 11.9. The summed E-state index contributed by atoms with van der Waals surface area (Å²) in [6, 6.07) is 0. The summed E-state index contributed by atoms with van der Waals surface area (Å²) in [6.45, 7) is 4.08. The van der Waals surface area contributed by atoms with Gasteiger partial charge >= 0.3 is 0 Å². The molecule has 0 bridgehead atoms. The molecular weight excluding hydrogens is 262 g/mol. The number of ketones is 1. The van der Waals surface area contributed by atoms with Crippen molar-refractivity contribution >= 4 is 28.9 Å². The standard InChI is InChI=1S/C14H21NOS2/c1-10-11(2)18-14(15-10)8-12(16)9-17-13-6-4-3-5-7-13/h13H,3-9H2,1-2H3. The second kappa shape index (κ2) is 6.71. The van der Waals surface area contributed by atoms with Gasteiger partial charge in [0.2, 0.25) is 0 Å². The number of Topliss-reactive ketones (excluding diaryl/α,β-unsaturated/α-hetero) is 1. The Labute approximate surface area is 118 Å². The summed E-state index contributed by atoms with van der Waals surface area (Å²) < 4.78 is 0. The lowest BCUT2D eigenvalue weighted by Gasteiger charge is -2.20. The highest BCUT2D eigenvalue weighted by Crippen LogP contribution is 2.28. The fourth-order valence-corrected chi connectivity index (χ4v) is 4.43. The molecule has 0 radical (unpaired) electrons. The summed E-state index contributed by atoms with van der Waals surface area (Å²) in [4.78, 5) is 17.6. The maximum absolute atomic E-state index is 11.9. The first-order valence-electron chi connectivity index (χ1n) is 6.71. The summed E-state index contributed by atoms with van der Waals surface area (Å²) in [6.07, 6.45) is 7.19. The van der Waals surface area contributed by atoms with E-state index in [0.29, 0.717) is 18.0 Å². The number of carbonyl (C=O) groups excluding carboxylic acids is 1. The molecule has 1 aliphatic carbocycles. The van der Waals surface area contributed by atoms with E-state index >= 15 is 0 Å². The Kier molecular flexibility index (Phi) is 5.25. The van der Waals surface area contributed by atoms with Crippen LogP contribution in [-0.4, -0.2) is 21.8 Å². The van der Waals surface area contributed by atoms with Gasteiger partial charge in [0, 0.05) is 10.1 Å². The normalized spacial score (nSPS) is 17.0. The van der Waals surface area contributed by atoms with Crippen molar-refractivity contribution in [2.75, 3.05) is 5.75 Å². The van der Waals surface area contributed by atoms with Crippen molar-refractivity contribution in [3.63, 3.8) is 0 Å². The summed E-state index contributed by atoms with van der Waals surface area (Å²) in [7, 11) is 0. The number of rotatable bonds is 5. The van der Waals surface area contributed by atoms with Crippen LogP contribution in [0.1, 0.15) is 47.7 Å². The number of thiazole rings is 1. The smallest absolute Gasteiger partial charge is 0.149 e. The third-order valence-corrected chi connectivity index (χ3v) is 5.96. The third-order valence-electron chi connectivity index (χ3n) is 3.45. The van der Waals surface area contributed by atoms with Crippen LogP contribution in [0.25, 0.3) is 0 Å². The second-order valence-electron chi connectivity index (χ2n) is 5.04. The van der Waals surface area contributed by atoms with Gasteiger partial charge in [-0.05, 0) is 26.7 Å². The van der Waals surface area contributed by atoms with E-state index in [1.165, 1.54) is 37.0 Å². The first kappa shape index (κ1) is 14.1. The molecule has 1 heterocycles. The first-order chi connectivity index (χ1) is 8.65. The molecule has 4 heteroatoms. The highest BCUT2D eigenvalue weighted by Gasteiger charge is 2.16. The number of nitrogens with zero attached hydrogens (tertiary/aromatic N) is 1. The molecule has 0 saturated heterocycles. The molecule has 0 N–H and O–H groups in total. The molecule has 0 unspecified atom stereocenters.